The van der Waals surface area contributed by atoms with E-state index in [1.807, 2.05) is 0 Å². The van der Waals surface area contributed by atoms with Crippen LogP contribution < -0.4 is 4.74 Å². The number of ether oxygens (including phenoxy) is 1. The summed E-state index contributed by atoms with van der Waals surface area (Å²) in [5.74, 6) is -0.576. The number of hydrogen-bond acceptors (Lipinski definition) is 3. The number of halogens is 1. The number of aromatic hydroxyl groups is 1. The third-order valence-corrected chi connectivity index (χ3v) is 2.63. The van der Waals surface area contributed by atoms with Crippen molar-refractivity contribution >= 4 is 17.6 Å². The molecule has 1 aromatic carbocycles. The quantitative estimate of drug-likeness (QED) is 0.853. The van der Waals surface area contributed by atoms with Gasteiger partial charge in [0.25, 0.3) is 0 Å². The Balaban J connectivity index is 3.12. The fourth-order valence-corrected chi connectivity index (χ4v) is 1.81. The van der Waals surface area contributed by atoms with Crippen molar-refractivity contribution in [3.05, 3.63) is 22.2 Å². The Morgan fingerprint density at radius 1 is 1.56 bits per heavy atom. The Hall–Kier alpha value is -1.42. The molecule has 0 atom stereocenters. The standard InChI is InChI=1S/C11H13ClO4/c1-6-5-7(3-4-8(13)14)11(16-2)9(12)10(6)15/h5,15H,3-4H2,1-2H3,(H,13,14). The Labute approximate surface area is 98.4 Å². The van der Waals surface area contributed by atoms with Crippen LogP contribution in [-0.2, 0) is 11.2 Å². The van der Waals surface area contributed by atoms with Gasteiger partial charge in [-0.05, 0) is 30.5 Å². The number of benzene rings is 1. The lowest BCUT2D eigenvalue weighted by atomic mass is 10.0. The number of methoxy groups -OCH3 is 1. The Kier molecular flexibility index (Phi) is 4.01. The molecule has 0 fully saturated rings. The smallest absolute Gasteiger partial charge is 0.303 e. The minimum absolute atomic E-state index is 0.00307. The molecule has 0 radical (unpaired) electrons. The second kappa shape index (κ2) is 5.07. The molecular formula is C11H13ClO4. The van der Waals surface area contributed by atoms with Crippen LogP contribution >= 0.6 is 11.6 Å². The first-order valence-electron chi connectivity index (χ1n) is 4.74. The molecule has 0 aliphatic heterocycles. The molecule has 0 spiro atoms. The molecule has 1 aromatic rings. The number of aliphatic carboxylic acids is 1. The second-order valence-corrected chi connectivity index (χ2v) is 3.82. The predicted molar refractivity (Wildman–Crippen MR) is 60.4 cm³/mol. The Morgan fingerprint density at radius 2 is 2.19 bits per heavy atom. The molecule has 2 N–H and O–H groups in total. The number of carboxylic acid groups (broad SMARTS) is 1. The van der Waals surface area contributed by atoms with Gasteiger partial charge in [0.05, 0.1) is 7.11 Å². The number of carboxylic acids is 1. The molecule has 4 nitrogen and oxygen atoms in total. The van der Waals surface area contributed by atoms with E-state index in [4.69, 9.17) is 21.4 Å². The van der Waals surface area contributed by atoms with Crippen LogP contribution in [0.15, 0.2) is 6.07 Å². The number of phenolic OH excluding ortho intramolecular Hbond substituents is 1. The summed E-state index contributed by atoms with van der Waals surface area (Å²) in [6.45, 7) is 1.70. The minimum atomic E-state index is -0.885. The lowest BCUT2D eigenvalue weighted by molar-refractivity contribution is -0.136. The van der Waals surface area contributed by atoms with Gasteiger partial charge >= 0.3 is 5.97 Å². The SMILES string of the molecule is COc1c(CCC(=O)O)cc(C)c(O)c1Cl. The first-order chi connectivity index (χ1) is 7.47. The highest BCUT2D eigenvalue weighted by molar-refractivity contribution is 6.33. The van der Waals surface area contributed by atoms with E-state index in [2.05, 4.69) is 0 Å². The molecule has 16 heavy (non-hydrogen) atoms. The minimum Gasteiger partial charge on any atom is -0.506 e. The van der Waals surface area contributed by atoms with Crippen molar-refractivity contribution in [2.45, 2.75) is 19.8 Å². The van der Waals surface area contributed by atoms with E-state index in [0.29, 0.717) is 23.3 Å². The predicted octanol–water partition coefficient (Wildman–Crippen LogP) is 2.38. The normalized spacial score (nSPS) is 10.2. The van der Waals surface area contributed by atoms with Gasteiger partial charge in [-0.2, -0.15) is 0 Å². The summed E-state index contributed by atoms with van der Waals surface area (Å²) >= 11 is 5.90. The van der Waals surface area contributed by atoms with E-state index in [1.165, 1.54) is 7.11 Å². The van der Waals surface area contributed by atoms with Crippen LogP contribution in [0.1, 0.15) is 17.5 Å². The highest BCUT2D eigenvalue weighted by atomic mass is 35.5. The zero-order chi connectivity index (χ0) is 12.3. The average Bonchev–Trinajstić information content (AvgIpc) is 2.23. The van der Waals surface area contributed by atoms with Gasteiger partial charge in [-0.25, -0.2) is 0 Å². The largest absolute Gasteiger partial charge is 0.506 e. The van der Waals surface area contributed by atoms with Gasteiger partial charge in [0.15, 0.2) is 0 Å². The van der Waals surface area contributed by atoms with Crippen LogP contribution in [0.2, 0.25) is 5.02 Å². The molecule has 0 heterocycles. The molecular weight excluding hydrogens is 232 g/mol. The molecule has 88 valence electrons. The maximum Gasteiger partial charge on any atom is 0.303 e. The monoisotopic (exact) mass is 244 g/mol. The van der Waals surface area contributed by atoms with Crippen molar-refractivity contribution in [2.75, 3.05) is 7.11 Å². The average molecular weight is 245 g/mol. The second-order valence-electron chi connectivity index (χ2n) is 3.44. The first-order valence-corrected chi connectivity index (χ1v) is 5.12. The zero-order valence-electron chi connectivity index (χ0n) is 9.08. The van der Waals surface area contributed by atoms with E-state index < -0.39 is 5.97 Å². The number of phenols is 1. The van der Waals surface area contributed by atoms with Crippen LogP contribution in [0, 0.1) is 6.92 Å². The molecule has 0 aliphatic rings. The maximum absolute atomic E-state index is 10.5. The first kappa shape index (κ1) is 12.6. The third kappa shape index (κ3) is 2.58. The molecule has 1 rings (SSSR count). The summed E-state index contributed by atoms with van der Waals surface area (Å²) in [5, 5.41) is 18.3. The number of carbonyl (C=O) groups is 1. The highest BCUT2D eigenvalue weighted by Gasteiger charge is 2.15. The van der Waals surface area contributed by atoms with Gasteiger partial charge in [-0.3, -0.25) is 4.79 Å². The van der Waals surface area contributed by atoms with Gasteiger partial charge in [0.2, 0.25) is 0 Å². The van der Waals surface area contributed by atoms with Crippen LogP contribution in [0.3, 0.4) is 0 Å². The van der Waals surface area contributed by atoms with E-state index in [1.54, 1.807) is 13.0 Å². The van der Waals surface area contributed by atoms with Crippen LogP contribution in [-0.4, -0.2) is 23.3 Å². The number of hydrogen-bond donors (Lipinski definition) is 2. The van der Waals surface area contributed by atoms with E-state index in [0.717, 1.165) is 0 Å². The van der Waals surface area contributed by atoms with E-state index in [9.17, 15) is 9.90 Å². The van der Waals surface area contributed by atoms with Crippen molar-refractivity contribution in [3.8, 4) is 11.5 Å². The summed E-state index contributed by atoms with van der Waals surface area (Å²) < 4.78 is 5.06. The van der Waals surface area contributed by atoms with Crippen molar-refractivity contribution in [1.29, 1.82) is 0 Å². The highest BCUT2D eigenvalue weighted by Crippen LogP contribution is 2.39. The fraction of sp³-hybridized carbons (Fsp3) is 0.364. The van der Waals surface area contributed by atoms with Crippen molar-refractivity contribution in [1.82, 2.24) is 0 Å². The number of aryl methyl sites for hydroxylation is 2. The molecule has 0 amide bonds. The van der Waals surface area contributed by atoms with Crippen LogP contribution in [0.4, 0.5) is 0 Å². The van der Waals surface area contributed by atoms with E-state index >= 15 is 0 Å². The van der Waals surface area contributed by atoms with Crippen molar-refractivity contribution < 1.29 is 19.7 Å². The Bertz CT molecular complexity index is 415. The van der Waals surface area contributed by atoms with Crippen LogP contribution in [0.5, 0.6) is 11.5 Å². The molecule has 0 bridgehead atoms. The molecule has 0 saturated carbocycles. The lowest BCUT2D eigenvalue weighted by Crippen LogP contribution is -2.00. The summed E-state index contributed by atoms with van der Waals surface area (Å²) in [7, 11) is 1.43. The van der Waals surface area contributed by atoms with Crippen molar-refractivity contribution in [2.24, 2.45) is 0 Å². The van der Waals surface area contributed by atoms with Gasteiger partial charge in [-0.15, -0.1) is 0 Å². The maximum atomic E-state index is 10.5. The molecule has 0 saturated heterocycles. The zero-order valence-corrected chi connectivity index (χ0v) is 9.84. The fourth-order valence-electron chi connectivity index (χ4n) is 1.46. The summed E-state index contributed by atoms with van der Waals surface area (Å²) in [5.41, 5.74) is 1.29. The van der Waals surface area contributed by atoms with Gasteiger partial charge < -0.3 is 14.9 Å². The number of rotatable bonds is 4. The van der Waals surface area contributed by atoms with Gasteiger partial charge in [0.1, 0.15) is 16.5 Å². The molecule has 0 aliphatic carbocycles. The Morgan fingerprint density at radius 3 is 2.69 bits per heavy atom. The summed E-state index contributed by atoms with van der Waals surface area (Å²) in [6.07, 6.45) is 0.316. The molecule has 0 unspecified atom stereocenters. The molecule has 0 aromatic heterocycles. The van der Waals surface area contributed by atoms with Crippen molar-refractivity contribution in [3.63, 3.8) is 0 Å². The topological polar surface area (TPSA) is 66.8 Å². The van der Waals surface area contributed by atoms with Gasteiger partial charge in [0, 0.05) is 6.42 Å². The van der Waals surface area contributed by atoms with Crippen LogP contribution in [0.25, 0.3) is 0 Å². The van der Waals surface area contributed by atoms with Gasteiger partial charge in [-0.1, -0.05) is 11.6 Å². The lowest BCUT2D eigenvalue weighted by Gasteiger charge is -2.12. The summed E-state index contributed by atoms with van der Waals surface area (Å²) in [6, 6.07) is 1.68. The van der Waals surface area contributed by atoms with E-state index in [-0.39, 0.29) is 17.2 Å². The summed E-state index contributed by atoms with van der Waals surface area (Å²) in [4.78, 5) is 10.5. The third-order valence-electron chi connectivity index (χ3n) is 2.28. The molecule has 5 heteroatoms.